The summed E-state index contributed by atoms with van der Waals surface area (Å²) in [6.45, 7) is 7.49. The van der Waals surface area contributed by atoms with Crippen molar-refractivity contribution in [1.29, 1.82) is 0 Å². The maximum Gasteiger partial charge on any atom is 0.164 e. The summed E-state index contributed by atoms with van der Waals surface area (Å²) in [5.74, 6) is 0.785. The van der Waals surface area contributed by atoms with E-state index in [0.29, 0.717) is 19.1 Å². The molecular weight excluding hydrogens is 276 g/mol. The van der Waals surface area contributed by atoms with E-state index in [1.807, 2.05) is 18.7 Å². The van der Waals surface area contributed by atoms with Gasteiger partial charge in [-0.15, -0.1) is 0 Å². The van der Waals surface area contributed by atoms with Crippen molar-refractivity contribution in [2.45, 2.75) is 46.3 Å². The number of rotatable bonds is 6. The lowest BCUT2D eigenvalue weighted by Crippen LogP contribution is -2.22. The maximum atomic E-state index is 6.33. The Morgan fingerprint density at radius 3 is 2.70 bits per heavy atom. The second-order valence-electron chi connectivity index (χ2n) is 5.08. The van der Waals surface area contributed by atoms with Gasteiger partial charge in [0.05, 0.1) is 29.5 Å². The molecular formula is C13H21ClN6. The summed E-state index contributed by atoms with van der Waals surface area (Å²) in [5.41, 5.74) is 1.88. The Kier molecular flexibility index (Phi) is 4.77. The molecule has 2 heterocycles. The second-order valence-corrected chi connectivity index (χ2v) is 5.46. The highest BCUT2D eigenvalue weighted by molar-refractivity contribution is 6.31. The van der Waals surface area contributed by atoms with Crippen LogP contribution < -0.4 is 5.32 Å². The van der Waals surface area contributed by atoms with Crippen LogP contribution in [0.3, 0.4) is 0 Å². The smallest absolute Gasteiger partial charge is 0.164 e. The van der Waals surface area contributed by atoms with Crippen LogP contribution in [0.2, 0.25) is 5.02 Å². The van der Waals surface area contributed by atoms with E-state index < -0.39 is 0 Å². The highest BCUT2D eigenvalue weighted by Gasteiger charge is 2.14. The minimum atomic E-state index is 0.417. The maximum absolute atomic E-state index is 6.33. The van der Waals surface area contributed by atoms with Gasteiger partial charge in [-0.2, -0.15) is 10.2 Å². The molecule has 0 radical (unpaired) electrons. The molecule has 1 N–H and O–H groups in total. The Balaban J connectivity index is 2.09. The van der Waals surface area contributed by atoms with Gasteiger partial charge in [0.25, 0.3) is 0 Å². The molecule has 0 aliphatic carbocycles. The van der Waals surface area contributed by atoms with E-state index in [1.54, 1.807) is 11.0 Å². The highest BCUT2D eigenvalue weighted by Crippen LogP contribution is 2.21. The Morgan fingerprint density at radius 2 is 2.10 bits per heavy atom. The van der Waals surface area contributed by atoms with Gasteiger partial charge in [-0.05, 0) is 6.42 Å². The van der Waals surface area contributed by atoms with Crippen LogP contribution in [-0.4, -0.2) is 30.6 Å². The number of aryl methyl sites for hydroxylation is 2. The van der Waals surface area contributed by atoms with Gasteiger partial charge in [-0.3, -0.25) is 4.68 Å². The van der Waals surface area contributed by atoms with Crippen molar-refractivity contribution in [2.24, 2.45) is 7.05 Å². The molecule has 0 saturated carbocycles. The van der Waals surface area contributed by atoms with E-state index in [2.05, 4.69) is 34.3 Å². The van der Waals surface area contributed by atoms with E-state index in [0.717, 1.165) is 28.7 Å². The molecule has 7 heteroatoms. The van der Waals surface area contributed by atoms with Crippen LogP contribution in [0.1, 0.15) is 38.0 Å². The minimum Gasteiger partial charge on any atom is -0.308 e. The average Bonchev–Trinajstić information content (AvgIpc) is 2.96. The molecule has 0 aromatic carbocycles. The van der Waals surface area contributed by atoms with Gasteiger partial charge in [0, 0.05) is 13.1 Å². The largest absolute Gasteiger partial charge is 0.308 e. The van der Waals surface area contributed by atoms with Gasteiger partial charge >= 0.3 is 0 Å². The fourth-order valence-electron chi connectivity index (χ4n) is 1.93. The lowest BCUT2D eigenvalue weighted by molar-refractivity contribution is 0.560. The van der Waals surface area contributed by atoms with E-state index in [1.165, 1.54) is 0 Å². The van der Waals surface area contributed by atoms with Gasteiger partial charge in [0.2, 0.25) is 0 Å². The molecule has 0 spiro atoms. The van der Waals surface area contributed by atoms with E-state index in [-0.39, 0.29) is 0 Å². The lowest BCUT2D eigenvalue weighted by atomic mass is 10.3. The Labute approximate surface area is 124 Å². The van der Waals surface area contributed by atoms with Crippen molar-refractivity contribution < 1.29 is 0 Å². The van der Waals surface area contributed by atoms with Gasteiger partial charge in [-0.1, -0.05) is 32.4 Å². The zero-order chi connectivity index (χ0) is 14.7. The molecule has 20 heavy (non-hydrogen) atoms. The standard InChI is InChI=1S/C13H21ClN6/c1-5-10-13(14)11(19(4)17-10)7-20-8-16-12(18-20)6-15-9(2)3/h8-9,15H,5-7H2,1-4H3. The van der Waals surface area contributed by atoms with Crippen LogP contribution in [-0.2, 0) is 26.6 Å². The Bertz CT molecular complexity index is 571. The van der Waals surface area contributed by atoms with Gasteiger partial charge in [-0.25, -0.2) is 9.67 Å². The summed E-state index contributed by atoms with van der Waals surface area (Å²) in [6, 6.07) is 0.417. The first-order valence-electron chi connectivity index (χ1n) is 6.83. The van der Waals surface area contributed by atoms with Crippen molar-refractivity contribution >= 4 is 11.6 Å². The fourth-order valence-corrected chi connectivity index (χ4v) is 2.28. The van der Waals surface area contributed by atoms with Crippen LogP contribution in [0.15, 0.2) is 6.33 Å². The summed E-state index contributed by atoms with van der Waals surface area (Å²) in [6.07, 6.45) is 2.56. The molecule has 0 unspecified atom stereocenters. The SMILES string of the molecule is CCc1nn(C)c(Cn2cnc(CNC(C)C)n2)c1Cl. The summed E-state index contributed by atoms with van der Waals surface area (Å²) < 4.78 is 3.61. The van der Waals surface area contributed by atoms with Crippen molar-refractivity contribution in [1.82, 2.24) is 29.9 Å². The number of hydrogen-bond acceptors (Lipinski definition) is 4. The molecule has 0 aliphatic rings. The normalized spacial score (nSPS) is 11.5. The lowest BCUT2D eigenvalue weighted by Gasteiger charge is -2.04. The van der Waals surface area contributed by atoms with Crippen LogP contribution in [0, 0.1) is 0 Å². The second kappa shape index (κ2) is 6.37. The zero-order valence-electron chi connectivity index (χ0n) is 12.4. The zero-order valence-corrected chi connectivity index (χ0v) is 13.1. The first-order chi connectivity index (χ1) is 9.51. The summed E-state index contributed by atoms with van der Waals surface area (Å²) in [7, 11) is 1.90. The molecule has 0 atom stereocenters. The predicted molar refractivity (Wildman–Crippen MR) is 78.7 cm³/mol. The first kappa shape index (κ1) is 15.0. The molecule has 2 aromatic rings. The monoisotopic (exact) mass is 296 g/mol. The van der Waals surface area contributed by atoms with Gasteiger partial charge in [0.1, 0.15) is 6.33 Å². The number of hydrogen-bond donors (Lipinski definition) is 1. The fraction of sp³-hybridized carbons (Fsp3) is 0.615. The minimum absolute atomic E-state index is 0.417. The molecule has 2 aromatic heterocycles. The van der Waals surface area contributed by atoms with Gasteiger partial charge < -0.3 is 5.32 Å². The number of nitrogens with one attached hydrogen (secondary N) is 1. The van der Waals surface area contributed by atoms with Crippen molar-refractivity contribution in [3.05, 3.63) is 28.6 Å². The van der Waals surface area contributed by atoms with Crippen molar-refractivity contribution in [3.63, 3.8) is 0 Å². The van der Waals surface area contributed by atoms with Crippen LogP contribution in [0.4, 0.5) is 0 Å². The highest BCUT2D eigenvalue weighted by atomic mass is 35.5. The van der Waals surface area contributed by atoms with E-state index >= 15 is 0 Å². The van der Waals surface area contributed by atoms with Crippen LogP contribution in [0.5, 0.6) is 0 Å². The number of nitrogens with zero attached hydrogens (tertiary/aromatic N) is 5. The van der Waals surface area contributed by atoms with E-state index in [9.17, 15) is 0 Å². The van der Waals surface area contributed by atoms with E-state index in [4.69, 9.17) is 11.6 Å². The molecule has 0 amide bonds. The molecule has 0 aliphatic heterocycles. The first-order valence-corrected chi connectivity index (χ1v) is 7.21. The topological polar surface area (TPSA) is 60.6 Å². The van der Waals surface area contributed by atoms with Crippen molar-refractivity contribution in [2.75, 3.05) is 0 Å². The van der Waals surface area contributed by atoms with Crippen molar-refractivity contribution in [3.8, 4) is 0 Å². The Morgan fingerprint density at radius 1 is 1.35 bits per heavy atom. The van der Waals surface area contributed by atoms with Crippen LogP contribution in [0.25, 0.3) is 0 Å². The number of aromatic nitrogens is 5. The molecule has 6 nitrogen and oxygen atoms in total. The molecule has 2 rings (SSSR count). The Hall–Kier alpha value is -1.40. The molecule has 110 valence electrons. The summed E-state index contributed by atoms with van der Waals surface area (Å²) in [5, 5.41) is 12.9. The molecule has 0 saturated heterocycles. The average molecular weight is 297 g/mol. The van der Waals surface area contributed by atoms with Crippen LogP contribution >= 0.6 is 11.6 Å². The third-order valence-corrected chi connectivity index (χ3v) is 3.50. The summed E-state index contributed by atoms with van der Waals surface area (Å²) >= 11 is 6.33. The predicted octanol–water partition coefficient (Wildman–Crippen LogP) is 1.77. The third-order valence-electron chi connectivity index (χ3n) is 3.07. The van der Waals surface area contributed by atoms with Gasteiger partial charge in [0.15, 0.2) is 5.82 Å². The third kappa shape index (κ3) is 3.37. The number of halogens is 1. The summed E-state index contributed by atoms with van der Waals surface area (Å²) in [4.78, 5) is 4.29. The quantitative estimate of drug-likeness (QED) is 0.882. The molecule has 0 fully saturated rings. The molecule has 0 bridgehead atoms.